The zero-order chi connectivity index (χ0) is 67.6. The van der Waals surface area contributed by atoms with Gasteiger partial charge in [-0.15, -0.1) is 0 Å². The SMILES string of the molecule is CC/C=C\C/C=C\C/C=C\C/C=C\CCCCCCCCCCCCCCCCCCC(=O)OC(COC(=O)CCCCCCCCCCCCCCCCCCCCCCCCCCCCCCCCCCCCCCCCCC)COP(=O)(O)OCC[N+](C)(C)C. The third kappa shape index (κ3) is 78.8. The molecule has 9 nitrogen and oxygen atoms in total. The molecular formula is C83H159NO8P+. The van der Waals surface area contributed by atoms with E-state index >= 15 is 0 Å². The lowest BCUT2D eigenvalue weighted by Crippen LogP contribution is -2.37. The Morgan fingerprint density at radius 3 is 0.914 bits per heavy atom. The van der Waals surface area contributed by atoms with E-state index in [0.29, 0.717) is 23.9 Å². The van der Waals surface area contributed by atoms with Gasteiger partial charge in [0, 0.05) is 12.8 Å². The molecule has 93 heavy (non-hydrogen) atoms. The Balaban J connectivity index is 3.87. The highest BCUT2D eigenvalue weighted by Gasteiger charge is 2.27. The number of carbonyl (C=O) groups excluding carboxylic acids is 2. The number of likely N-dealkylation sites (N-methyl/N-ethyl adjacent to an activating group) is 1. The van der Waals surface area contributed by atoms with Crippen molar-refractivity contribution in [3.63, 3.8) is 0 Å². The average Bonchev–Trinajstić information content (AvgIpc) is 2.61. The molecule has 548 valence electrons. The van der Waals surface area contributed by atoms with E-state index in [9.17, 15) is 19.0 Å². The maximum absolute atomic E-state index is 12.9. The number of quaternary nitrogens is 1. The zero-order valence-corrected chi connectivity index (χ0v) is 63.7. The summed E-state index contributed by atoms with van der Waals surface area (Å²) in [5.41, 5.74) is 0. The second-order valence-electron chi connectivity index (χ2n) is 29.1. The first-order chi connectivity index (χ1) is 45.5. The van der Waals surface area contributed by atoms with Crippen LogP contribution in [0.3, 0.4) is 0 Å². The van der Waals surface area contributed by atoms with Crippen LogP contribution in [-0.2, 0) is 32.7 Å². The van der Waals surface area contributed by atoms with Gasteiger partial charge in [0.1, 0.15) is 19.8 Å². The van der Waals surface area contributed by atoms with Crippen molar-refractivity contribution in [2.75, 3.05) is 47.5 Å². The molecule has 2 atom stereocenters. The van der Waals surface area contributed by atoms with Gasteiger partial charge in [-0.05, 0) is 51.4 Å². The summed E-state index contributed by atoms with van der Waals surface area (Å²) in [7, 11) is 1.50. The maximum atomic E-state index is 12.9. The zero-order valence-electron chi connectivity index (χ0n) is 62.8. The summed E-state index contributed by atoms with van der Waals surface area (Å²) in [6.45, 7) is 4.40. The van der Waals surface area contributed by atoms with Gasteiger partial charge in [-0.3, -0.25) is 18.6 Å². The number of esters is 2. The van der Waals surface area contributed by atoms with Crippen LogP contribution >= 0.6 is 7.82 Å². The molecule has 0 aliphatic rings. The molecule has 1 N–H and O–H groups in total. The largest absolute Gasteiger partial charge is 0.472 e. The minimum atomic E-state index is -4.39. The van der Waals surface area contributed by atoms with Crippen LogP contribution in [0.4, 0.5) is 0 Å². The first kappa shape index (κ1) is 91.0. The van der Waals surface area contributed by atoms with Crippen LogP contribution in [0.2, 0.25) is 0 Å². The molecular weight excluding hydrogens is 1170 g/mol. The molecule has 0 radical (unpaired) electrons. The van der Waals surface area contributed by atoms with Crippen LogP contribution in [0.5, 0.6) is 0 Å². The molecule has 0 aromatic heterocycles. The molecule has 0 heterocycles. The van der Waals surface area contributed by atoms with Crippen LogP contribution in [0, 0.1) is 0 Å². The average molecular weight is 1330 g/mol. The molecule has 0 rings (SSSR count). The van der Waals surface area contributed by atoms with Crippen LogP contribution in [0.25, 0.3) is 0 Å². The second-order valence-corrected chi connectivity index (χ2v) is 30.6. The Morgan fingerprint density at radius 2 is 0.613 bits per heavy atom. The number of hydrogen-bond donors (Lipinski definition) is 1. The molecule has 0 aromatic rings. The van der Waals surface area contributed by atoms with Crippen molar-refractivity contribution in [1.29, 1.82) is 0 Å². The minimum Gasteiger partial charge on any atom is -0.462 e. The summed E-state index contributed by atoms with van der Waals surface area (Å²) in [5, 5.41) is 0. The molecule has 2 unspecified atom stereocenters. The van der Waals surface area contributed by atoms with Crippen LogP contribution in [-0.4, -0.2) is 74.9 Å². The highest BCUT2D eigenvalue weighted by atomic mass is 31.2. The number of allylic oxidation sites excluding steroid dienone is 8. The summed E-state index contributed by atoms with van der Waals surface area (Å²) in [6.07, 6.45) is 98.5. The van der Waals surface area contributed by atoms with Gasteiger partial charge in [-0.1, -0.05) is 403 Å². The Morgan fingerprint density at radius 1 is 0.344 bits per heavy atom. The lowest BCUT2D eigenvalue weighted by Gasteiger charge is -2.24. The van der Waals surface area contributed by atoms with E-state index in [0.717, 1.165) is 57.8 Å². The number of hydrogen-bond acceptors (Lipinski definition) is 7. The van der Waals surface area contributed by atoms with Crippen molar-refractivity contribution < 1.29 is 42.1 Å². The molecule has 0 fully saturated rings. The van der Waals surface area contributed by atoms with Gasteiger partial charge in [0.05, 0.1) is 27.7 Å². The Kier molecular flexibility index (Phi) is 72.6. The van der Waals surface area contributed by atoms with E-state index in [-0.39, 0.29) is 25.6 Å². The highest BCUT2D eigenvalue weighted by molar-refractivity contribution is 7.47. The van der Waals surface area contributed by atoms with E-state index < -0.39 is 26.5 Å². The van der Waals surface area contributed by atoms with E-state index in [2.05, 4.69) is 62.5 Å². The number of carbonyl (C=O) groups is 2. The predicted octanol–water partition coefficient (Wildman–Crippen LogP) is 27.1. The van der Waals surface area contributed by atoms with Crippen molar-refractivity contribution in [1.82, 2.24) is 0 Å². The third-order valence-electron chi connectivity index (χ3n) is 18.6. The van der Waals surface area contributed by atoms with Crippen LogP contribution < -0.4 is 0 Å². The van der Waals surface area contributed by atoms with Crippen LogP contribution in [0.1, 0.15) is 418 Å². The molecule has 0 saturated heterocycles. The first-order valence-corrected chi connectivity index (χ1v) is 42.4. The molecule has 10 heteroatoms. The fraction of sp³-hybridized carbons (Fsp3) is 0.880. The summed E-state index contributed by atoms with van der Waals surface area (Å²) >= 11 is 0. The van der Waals surface area contributed by atoms with Crippen LogP contribution in [0.15, 0.2) is 48.6 Å². The summed E-state index contributed by atoms with van der Waals surface area (Å²) in [4.78, 5) is 36.0. The number of nitrogens with zero attached hydrogens (tertiary/aromatic N) is 1. The molecule has 0 aliphatic heterocycles. The van der Waals surface area contributed by atoms with Gasteiger partial charge in [-0.25, -0.2) is 4.57 Å². The summed E-state index contributed by atoms with van der Waals surface area (Å²) < 4.78 is 34.8. The lowest BCUT2D eigenvalue weighted by atomic mass is 10.0. The molecule has 0 aromatic carbocycles. The monoisotopic (exact) mass is 1330 g/mol. The van der Waals surface area contributed by atoms with E-state index in [1.165, 1.54) is 327 Å². The topological polar surface area (TPSA) is 108 Å². The fourth-order valence-corrected chi connectivity index (χ4v) is 13.2. The highest BCUT2D eigenvalue weighted by Crippen LogP contribution is 2.43. The quantitative estimate of drug-likeness (QED) is 0.0211. The van der Waals surface area contributed by atoms with Gasteiger partial charge in [-0.2, -0.15) is 0 Å². The third-order valence-corrected chi connectivity index (χ3v) is 19.6. The number of unbranched alkanes of at least 4 members (excludes halogenated alkanes) is 55. The van der Waals surface area contributed by atoms with Gasteiger partial charge < -0.3 is 18.9 Å². The van der Waals surface area contributed by atoms with Crippen molar-refractivity contribution >= 4 is 19.8 Å². The second kappa shape index (κ2) is 74.2. The molecule has 0 bridgehead atoms. The smallest absolute Gasteiger partial charge is 0.462 e. The van der Waals surface area contributed by atoms with Gasteiger partial charge in [0.2, 0.25) is 0 Å². The van der Waals surface area contributed by atoms with Crippen molar-refractivity contribution in [2.24, 2.45) is 0 Å². The Labute approximate surface area is 579 Å². The van der Waals surface area contributed by atoms with Crippen molar-refractivity contribution in [3.8, 4) is 0 Å². The Hall–Kier alpha value is -2.03. The number of phosphoric acid groups is 1. The van der Waals surface area contributed by atoms with E-state index in [1.54, 1.807) is 0 Å². The predicted molar refractivity (Wildman–Crippen MR) is 404 cm³/mol. The normalized spacial score (nSPS) is 13.2. The van der Waals surface area contributed by atoms with Crippen molar-refractivity contribution in [2.45, 2.75) is 424 Å². The van der Waals surface area contributed by atoms with Gasteiger partial charge in [0.25, 0.3) is 0 Å². The standard InChI is InChI=1S/C83H158NO8P/c1-6-8-10-12-14-16-18-20-22-24-26-28-30-32-34-36-37-38-39-40-41-42-43-44-45-46-48-49-51-53-55-57-59-61-63-65-67-69-71-73-75-82(85)89-79-81(80-91-93(87,88)90-78-77-84(3,4)5)92-83(86)76-74-72-70-68-66-64-62-60-58-56-54-52-50-47-35-33-31-29-27-25-23-21-19-17-15-13-11-9-7-2/h9,11,15,17,21,23,27,29,81H,6-8,10,12-14,16,18-20,22,24-26,28,30-80H2,1-5H3/p+1/b11-9-,17-15-,23-21-,29-27-. The fourth-order valence-electron chi connectivity index (χ4n) is 12.4. The molecule has 0 amide bonds. The molecule has 0 saturated carbocycles. The van der Waals surface area contributed by atoms with E-state index in [1.807, 2.05) is 21.1 Å². The summed E-state index contributed by atoms with van der Waals surface area (Å²) in [5.74, 6) is -0.775. The Bertz CT molecular complexity index is 1710. The maximum Gasteiger partial charge on any atom is 0.472 e. The van der Waals surface area contributed by atoms with Gasteiger partial charge in [0.15, 0.2) is 6.10 Å². The lowest BCUT2D eigenvalue weighted by molar-refractivity contribution is -0.870. The molecule has 0 aliphatic carbocycles. The number of ether oxygens (including phenoxy) is 2. The first-order valence-electron chi connectivity index (χ1n) is 40.9. The minimum absolute atomic E-state index is 0.0338. The van der Waals surface area contributed by atoms with Gasteiger partial charge >= 0.3 is 19.8 Å². The van der Waals surface area contributed by atoms with E-state index in [4.69, 9.17) is 18.5 Å². The molecule has 0 spiro atoms. The van der Waals surface area contributed by atoms with Crippen molar-refractivity contribution in [3.05, 3.63) is 48.6 Å². The number of rotatable bonds is 77. The summed E-state index contributed by atoms with van der Waals surface area (Å²) in [6, 6.07) is 0. The number of phosphoric ester groups is 1.